The molecule has 0 aliphatic rings. The van der Waals surface area contributed by atoms with Gasteiger partial charge in [-0.2, -0.15) is 0 Å². The van der Waals surface area contributed by atoms with Gasteiger partial charge in [-0.25, -0.2) is 4.98 Å². The molecule has 0 atom stereocenters. The van der Waals surface area contributed by atoms with E-state index in [1.165, 1.54) is 5.56 Å². The van der Waals surface area contributed by atoms with E-state index >= 15 is 0 Å². The van der Waals surface area contributed by atoms with Gasteiger partial charge in [0.05, 0.1) is 19.0 Å². The van der Waals surface area contributed by atoms with Crippen LogP contribution in [0.25, 0.3) is 16.9 Å². The lowest BCUT2D eigenvalue weighted by Gasteiger charge is -2.13. The number of nitrogens with zero attached hydrogens (tertiary/aromatic N) is 2. The van der Waals surface area contributed by atoms with Crippen LogP contribution in [0.5, 0.6) is 5.75 Å². The zero-order chi connectivity index (χ0) is 19.1. The molecule has 0 fully saturated rings. The number of aliphatic hydroxyl groups excluding tert-OH is 1. The summed E-state index contributed by atoms with van der Waals surface area (Å²) in [7, 11) is 1.69. The van der Waals surface area contributed by atoms with E-state index < -0.39 is 0 Å². The summed E-state index contributed by atoms with van der Waals surface area (Å²) in [4.78, 5) is 4.74. The Hall–Kier alpha value is -2.59. The molecule has 4 nitrogen and oxygen atoms in total. The lowest BCUT2D eigenvalue weighted by molar-refractivity contribution is 0.282. The molecule has 0 aliphatic heterocycles. The number of benzene rings is 2. The van der Waals surface area contributed by atoms with Crippen LogP contribution in [0.3, 0.4) is 0 Å². The summed E-state index contributed by atoms with van der Waals surface area (Å²) in [6.07, 6.45) is 6.99. The topological polar surface area (TPSA) is 47.3 Å². The number of hydrogen-bond acceptors (Lipinski definition) is 3. The smallest absolute Gasteiger partial charge is 0.119 e. The second-order valence-corrected chi connectivity index (χ2v) is 6.85. The van der Waals surface area contributed by atoms with Gasteiger partial charge in [-0.15, -0.1) is 0 Å². The summed E-state index contributed by atoms with van der Waals surface area (Å²) in [5.41, 5.74) is 4.53. The van der Waals surface area contributed by atoms with Gasteiger partial charge < -0.3 is 9.84 Å². The van der Waals surface area contributed by atoms with Crippen molar-refractivity contribution < 1.29 is 9.84 Å². The summed E-state index contributed by atoms with van der Waals surface area (Å²) in [5.74, 6) is 1.91. The van der Waals surface area contributed by atoms with Gasteiger partial charge in [0.1, 0.15) is 11.6 Å². The molecule has 27 heavy (non-hydrogen) atoms. The molecule has 0 aliphatic carbocycles. The number of aliphatic hydroxyl groups is 1. The van der Waals surface area contributed by atoms with Crippen molar-refractivity contribution in [2.75, 3.05) is 13.7 Å². The third kappa shape index (κ3) is 4.77. The number of hydrogen-bond donors (Lipinski definition) is 1. The van der Waals surface area contributed by atoms with Gasteiger partial charge in [0.25, 0.3) is 0 Å². The minimum absolute atomic E-state index is 0.276. The molecule has 0 saturated heterocycles. The zero-order valence-electron chi connectivity index (χ0n) is 16.2. The summed E-state index contributed by atoms with van der Waals surface area (Å²) in [6, 6.07) is 16.7. The van der Waals surface area contributed by atoms with Gasteiger partial charge in [-0.05, 0) is 44.0 Å². The van der Waals surface area contributed by atoms with Crippen molar-refractivity contribution in [2.45, 2.75) is 39.0 Å². The predicted octanol–water partition coefficient (Wildman–Crippen LogP) is 4.95. The fourth-order valence-corrected chi connectivity index (χ4v) is 3.28. The lowest BCUT2D eigenvalue weighted by atomic mass is 10.1. The fourth-order valence-electron chi connectivity index (χ4n) is 3.28. The van der Waals surface area contributed by atoms with Crippen LogP contribution in [0.4, 0.5) is 0 Å². The Labute approximate surface area is 161 Å². The number of methoxy groups -OCH3 is 1. The molecule has 1 N–H and O–H groups in total. The SMILES string of the molecule is COc1cccc(-c2cnc(CCCCCCO)n2-c2ccc(C)cc2)c1. The third-order valence-electron chi connectivity index (χ3n) is 4.80. The Bertz CT molecular complexity index is 853. The molecule has 0 amide bonds. The molecule has 0 radical (unpaired) electrons. The standard InChI is InChI=1S/C23H28N2O2/c1-18-11-13-20(14-12-18)25-22(19-8-7-9-21(16-19)27-2)17-24-23(25)10-5-3-4-6-15-26/h7-9,11-14,16-17,26H,3-6,10,15H2,1-2H3. The highest BCUT2D eigenvalue weighted by Crippen LogP contribution is 2.28. The van der Waals surface area contributed by atoms with E-state index in [4.69, 9.17) is 14.8 Å². The highest BCUT2D eigenvalue weighted by Gasteiger charge is 2.14. The highest BCUT2D eigenvalue weighted by molar-refractivity contribution is 5.64. The number of aromatic nitrogens is 2. The van der Waals surface area contributed by atoms with Gasteiger partial charge in [-0.3, -0.25) is 4.57 Å². The normalized spacial score (nSPS) is 10.9. The first-order valence-electron chi connectivity index (χ1n) is 9.62. The maximum atomic E-state index is 8.94. The minimum Gasteiger partial charge on any atom is -0.497 e. The molecular weight excluding hydrogens is 336 g/mol. The van der Waals surface area contributed by atoms with E-state index in [9.17, 15) is 0 Å². The Balaban J connectivity index is 1.94. The number of unbranched alkanes of at least 4 members (excludes halogenated alkanes) is 3. The van der Waals surface area contributed by atoms with Crippen LogP contribution in [0.15, 0.2) is 54.7 Å². The van der Waals surface area contributed by atoms with Crippen LogP contribution in [0.1, 0.15) is 37.1 Å². The van der Waals surface area contributed by atoms with Crippen molar-refractivity contribution in [1.29, 1.82) is 0 Å². The van der Waals surface area contributed by atoms with E-state index in [2.05, 4.69) is 41.8 Å². The number of ether oxygens (including phenoxy) is 1. The molecule has 0 bridgehead atoms. The monoisotopic (exact) mass is 364 g/mol. The van der Waals surface area contributed by atoms with Crippen LogP contribution >= 0.6 is 0 Å². The van der Waals surface area contributed by atoms with E-state index in [1.54, 1.807) is 7.11 Å². The molecule has 3 aromatic rings. The lowest BCUT2D eigenvalue weighted by Crippen LogP contribution is -2.04. The Morgan fingerprint density at radius 3 is 2.52 bits per heavy atom. The average molecular weight is 364 g/mol. The first-order valence-corrected chi connectivity index (χ1v) is 9.62. The van der Waals surface area contributed by atoms with Gasteiger partial charge >= 0.3 is 0 Å². The first kappa shape index (κ1) is 19.2. The highest BCUT2D eigenvalue weighted by atomic mass is 16.5. The van der Waals surface area contributed by atoms with Crippen molar-refractivity contribution >= 4 is 0 Å². The van der Waals surface area contributed by atoms with Crippen molar-refractivity contribution in [3.05, 3.63) is 66.1 Å². The van der Waals surface area contributed by atoms with Crippen molar-refractivity contribution in [2.24, 2.45) is 0 Å². The summed E-state index contributed by atoms with van der Waals surface area (Å²) >= 11 is 0. The number of imidazole rings is 1. The summed E-state index contributed by atoms with van der Waals surface area (Å²) in [6.45, 7) is 2.38. The van der Waals surface area contributed by atoms with E-state index in [0.29, 0.717) is 0 Å². The summed E-state index contributed by atoms with van der Waals surface area (Å²) in [5, 5.41) is 8.94. The molecule has 2 aromatic carbocycles. The predicted molar refractivity (Wildman–Crippen MR) is 110 cm³/mol. The second-order valence-electron chi connectivity index (χ2n) is 6.85. The molecule has 0 spiro atoms. The second kappa shape index (κ2) is 9.38. The van der Waals surface area contributed by atoms with Crippen LogP contribution in [-0.4, -0.2) is 28.4 Å². The van der Waals surface area contributed by atoms with Crippen LogP contribution in [-0.2, 0) is 6.42 Å². The molecular formula is C23H28N2O2. The third-order valence-corrected chi connectivity index (χ3v) is 4.80. The molecule has 1 heterocycles. The number of rotatable bonds is 9. The van der Waals surface area contributed by atoms with Gasteiger partial charge in [0.2, 0.25) is 0 Å². The van der Waals surface area contributed by atoms with Crippen molar-refractivity contribution in [3.63, 3.8) is 0 Å². The minimum atomic E-state index is 0.276. The van der Waals surface area contributed by atoms with Crippen molar-refractivity contribution in [3.8, 4) is 22.7 Å². The van der Waals surface area contributed by atoms with E-state index in [-0.39, 0.29) is 6.61 Å². The van der Waals surface area contributed by atoms with Crippen LogP contribution < -0.4 is 4.74 Å². The molecule has 0 saturated carbocycles. The molecule has 3 rings (SSSR count). The molecule has 1 aromatic heterocycles. The summed E-state index contributed by atoms with van der Waals surface area (Å²) < 4.78 is 7.65. The maximum absolute atomic E-state index is 8.94. The van der Waals surface area contributed by atoms with E-state index in [0.717, 1.165) is 60.6 Å². The van der Waals surface area contributed by atoms with Gasteiger partial charge in [-0.1, -0.05) is 42.7 Å². The zero-order valence-corrected chi connectivity index (χ0v) is 16.2. The first-order chi connectivity index (χ1) is 13.2. The van der Waals surface area contributed by atoms with Gasteiger partial charge in [0, 0.05) is 24.3 Å². The molecule has 142 valence electrons. The van der Waals surface area contributed by atoms with Crippen LogP contribution in [0.2, 0.25) is 0 Å². The Morgan fingerprint density at radius 1 is 1.00 bits per heavy atom. The number of aryl methyl sites for hydroxylation is 2. The quantitative estimate of drug-likeness (QED) is 0.546. The van der Waals surface area contributed by atoms with E-state index in [1.807, 2.05) is 24.4 Å². The van der Waals surface area contributed by atoms with Gasteiger partial charge in [0.15, 0.2) is 0 Å². The van der Waals surface area contributed by atoms with Crippen LogP contribution in [0, 0.1) is 6.92 Å². The fraction of sp³-hybridized carbons (Fsp3) is 0.348. The Morgan fingerprint density at radius 2 is 1.78 bits per heavy atom. The Kier molecular flexibility index (Phi) is 6.66. The average Bonchev–Trinajstić information content (AvgIpc) is 3.12. The molecule has 0 unspecified atom stereocenters. The molecule has 4 heteroatoms. The maximum Gasteiger partial charge on any atom is 0.119 e. The largest absolute Gasteiger partial charge is 0.497 e. The van der Waals surface area contributed by atoms with Crippen molar-refractivity contribution in [1.82, 2.24) is 9.55 Å².